The summed E-state index contributed by atoms with van der Waals surface area (Å²) in [7, 11) is 1.54. The Balaban J connectivity index is 1.78. The van der Waals surface area contributed by atoms with E-state index in [0.717, 1.165) is 16.7 Å². The zero-order chi connectivity index (χ0) is 29.0. The minimum absolute atomic E-state index is 0.0142. The molecular formula is C32H37NO6. The molecule has 0 saturated carbocycles. The van der Waals surface area contributed by atoms with E-state index in [9.17, 15) is 19.8 Å². The van der Waals surface area contributed by atoms with Crippen molar-refractivity contribution < 1.29 is 29.3 Å². The summed E-state index contributed by atoms with van der Waals surface area (Å²) in [5.74, 6) is -0.216. The van der Waals surface area contributed by atoms with Gasteiger partial charge in [-0.25, -0.2) is 4.79 Å². The summed E-state index contributed by atoms with van der Waals surface area (Å²) in [6, 6.07) is 15.5. The molecule has 3 aromatic rings. The normalized spacial score (nSPS) is 11.9. The van der Waals surface area contributed by atoms with E-state index >= 15 is 0 Å². The summed E-state index contributed by atoms with van der Waals surface area (Å²) in [4.78, 5) is 23.8. The van der Waals surface area contributed by atoms with Gasteiger partial charge in [-0.3, -0.25) is 4.79 Å². The number of methoxy groups -OCH3 is 1. The number of para-hydroxylation sites is 1. The van der Waals surface area contributed by atoms with Gasteiger partial charge in [-0.1, -0.05) is 59.7 Å². The zero-order valence-corrected chi connectivity index (χ0v) is 23.6. The number of nitrogens with one attached hydrogen (secondary N) is 1. The number of carboxylic acids is 1. The number of phenolic OH excluding ortho intramolecular Hbond substituents is 1. The van der Waals surface area contributed by atoms with E-state index in [1.807, 2.05) is 12.1 Å². The maximum atomic E-state index is 12.4. The van der Waals surface area contributed by atoms with Crippen LogP contribution in [0.3, 0.4) is 0 Å². The third-order valence-electron chi connectivity index (χ3n) is 6.21. The number of carbonyl (C=O) groups excluding carboxylic acids is 1. The molecule has 0 atom stereocenters. The van der Waals surface area contributed by atoms with Crippen LogP contribution in [0.1, 0.15) is 74.2 Å². The van der Waals surface area contributed by atoms with E-state index < -0.39 is 11.9 Å². The number of carbonyl (C=O) groups is 2. The Morgan fingerprint density at radius 2 is 1.51 bits per heavy atom. The molecule has 0 radical (unpaired) electrons. The van der Waals surface area contributed by atoms with Crippen molar-refractivity contribution in [2.45, 2.75) is 59.0 Å². The van der Waals surface area contributed by atoms with Crippen LogP contribution in [0.5, 0.6) is 17.2 Å². The molecule has 0 unspecified atom stereocenters. The smallest absolute Gasteiger partial charge is 0.337 e. The van der Waals surface area contributed by atoms with Gasteiger partial charge in [-0.15, -0.1) is 0 Å². The molecule has 3 N–H and O–H groups in total. The predicted molar refractivity (Wildman–Crippen MR) is 154 cm³/mol. The fourth-order valence-corrected chi connectivity index (χ4v) is 4.11. The summed E-state index contributed by atoms with van der Waals surface area (Å²) in [5.41, 5.74) is 3.12. The van der Waals surface area contributed by atoms with Gasteiger partial charge in [-0.05, 0) is 75.6 Å². The lowest BCUT2D eigenvalue weighted by molar-refractivity contribution is -0.111. The number of carboxylic acid groups (broad SMARTS) is 1. The predicted octanol–water partition coefficient (Wildman–Crippen LogP) is 6.92. The Morgan fingerprint density at radius 1 is 0.897 bits per heavy atom. The van der Waals surface area contributed by atoms with Crippen LogP contribution in [0.2, 0.25) is 0 Å². The van der Waals surface area contributed by atoms with E-state index in [4.69, 9.17) is 9.47 Å². The van der Waals surface area contributed by atoms with Crippen LogP contribution in [0, 0.1) is 0 Å². The molecule has 0 fully saturated rings. The first-order valence-electron chi connectivity index (χ1n) is 12.7. The monoisotopic (exact) mass is 531 g/mol. The topological polar surface area (TPSA) is 105 Å². The van der Waals surface area contributed by atoms with Gasteiger partial charge in [0, 0.05) is 6.08 Å². The summed E-state index contributed by atoms with van der Waals surface area (Å²) < 4.78 is 11.6. The van der Waals surface area contributed by atoms with Crippen LogP contribution in [0.25, 0.3) is 6.08 Å². The first-order chi connectivity index (χ1) is 18.2. The highest BCUT2D eigenvalue weighted by Gasteiger charge is 2.26. The third-order valence-corrected chi connectivity index (χ3v) is 6.21. The largest absolute Gasteiger partial charge is 0.507 e. The number of amides is 1. The molecule has 0 saturated heterocycles. The number of ether oxygens (including phenoxy) is 2. The van der Waals surface area contributed by atoms with Crippen molar-refractivity contribution in [1.82, 2.24) is 0 Å². The van der Waals surface area contributed by atoms with E-state index in [2.05, 4.69) is 46.9 Å². The van der Waals surface area contributed by atoms with Crippen LogP contribution in [0.4, 0.5) is 5.69 Å². The molecule has 0 heterocycles. The minimum Gasteiger partial charge on any atom is -0.507 e. The third kappa shape index (κ3) is 7.41. The van der Waals surface area contributed by atoms with Gasteiger partial charge in [0.1, 0.15) is 12.4 Å². The Morgan fingerprint density at radius 3 is 2.08 bits per heavy atom. The van der Waals surface area contributed by atoms with Crippen molar-refractivity contribution in [3.05, 3.63) is 88.5 Å². The molecule has 0 aliphatic rings. The Kier molecular flexibility index (Phi) is 8.74. The lowest BCUT2D eigenvalue weighted by Gasteiger charge is -2.28. The van der Waals surface area contributed by atoms with E-state index in [1.54, 1.807) is 43.5 Å². The number of benzene rings is 3. The molecule has 7 heteroatoms. The second-order valence-electron chi connectivity index (χ2n) is 11.4. The van der Waals surface area contributed by atoms with Crippen LogP contribution in [0.15, 0.2) is 60.7 Å². The molecule has 0 aliphatic heterocycles. The molecule has 1 amide bonds. The van der Waals surface area contributed by atoms with Gasteiger partial charge >= 0.3 is 5.97 Å². The number of hydrogen-bond acceptors (Lipinski definition) is 5. The second kappa shape index (κ2) is 11.6. The lowest BCUT2D eigenvalue weighted by Crippen LogP contribution is -2.18. The Labute approximate surface area is 230 Å². The molecule has 206 valence electrons. The highest BCUT2D eigenvalue weighted by atomic mass is 16.5. The van der Waals surface area contributed by atoms with E-state index in [1.165, 1.54) is 18.2 Å². The fraction of sp³-hybridized carbons (Fsp3) is 0.312. The second-order valence-corrected chi connectivity index (χ2v) is 11.4. The van der Waals surface area contributed by atoms with Crippen molar-refractivity contribution in [2.24, 2.45) is 0 Å². The molecule has 7 nitrogen and oxygen atoms in total. The van der Waals surface area contributed by atoms with Crippen LogP contribution in [-0.4, -0.2) is 29.2 Å². The lowest BCUT2D eigenvalue weighted by atomic mass is 9.78. The molecule has 3 aromatic carbocycles. The van der Waals surface area contributed by atoms with Gasteiger partial charge in [0.15, 0.2) is 11.5 Å². The maximum Gasteiger partial charge on any atom is 0.337 e. The molecule has 0 aromatic heterocycles. The molecule has 0 aliphatic carbocycles. The van der Waals surface area contributed by atoms with Crippen LogP contribution < -0.4 is 14.8 Å². The molecule has 0 bridgehead atoms. The fourth-order valence-electron chi connectivity index (χ4n) is 4.11. The number of anilines is 1. The van der Waals surface area contributed by atoms with Crippen LogP contribution >= 0.6 is 0 Å². The van der Waals surface area contributed by atoms with Gasteiger partial charge in [0.25, 0.3) is 0 Å². The van der Waals surface area contributed by atoms with Gasteiger partial charge < -0.3 is 25.0 Å². The quantitative estimate of drug-likeness (QED) is 0.272. The van der Waals surface area contributed by atoms with E-state index in [0.29, 0.717) is 22.8 Å². The maximum absolute atomic E-state index is 12.4. The summed E-state index contributed by atoms with van der Waals surface area (Å²) >= 11 is 0. The number of phenols is 1. The highest BCUT2D eigenvalue weighted by molar-refractivity contribution is 6.06. The van der Waals surface area contributed by atoms with Gasteiger partial charge in [-0.2, -0.15) is 0 Å². The van der Waals surface area contributed by atoms with Crippen molar-refractivity contribution >= 4 is 23.6 Å². The molecule has 39 heavy (non-hydrogen) atoms. The molecular weight excluding hydrogens is 494 g/mol. The summed E-state index contributed by atoms with van der Waals surface area (Å²) in [6.45, 7) is 12.7. The van der Waals surface area contributed by atoms with E-state index in [-0.39, 0.29) is 28.7 Å². The first kappa shape index (κ1) is 29.3. The van der Waals surface area contributed by atoms with Crippen molar-refractivity contribution in [1.29, 1.82) is 0 Å². The molecule has 3 rings (SSSR count). The molecule has 0 spiro atoms. The van der Waals surface area contributed by atoms with Crippen molar-refractivity contribution in [3.63, 3.8) is 0 Å². The van der Waals surface area contributed by atoms with Crippen molar-refractivity contribution in [2.75, 3.05) is 12.4 Å². The van der Waals surface area contributed by atoms with Gasteiger partial charge in [0.2, 0.25) is 5.91 Å². The number of hydrogen-bond donors (Lipinski definition) is 3. The zero-order valence-electron chi connectivity index (χ0n) is 23.6. The number of rotatable bonds is 8. The first-order valence-corrected chi connectivity index (χ1v) is 12.7. The van der Waals surface area contributed by atoms with Gasteiger partial charge in [0.05, 0.1) is 18.4 Å². The van der Waals surface area contributed by atoms with Crippen LogP contribution in [-0.2, 0) is 22.2 Å². The Hall–Kier alpha value is -4.26. The number of aromatic hydroxyl groups is 1. The minimum atomic E-state index is -1.12. The SMILES string of the molecule is COc1cc(C=CC(=O)Nc2ccccc2C(=O)O)ccc1OCc1cc(C(C)(C)C)c(O)c(C(C)(C)C)c1. The Bertz CT molecular complexity index is 1360. The average Bonchev–Trinajstić information content (AvgIpc) is 2.85. The highest BCUT2D eigenvalue weighted by Crippen LogP contribution is 2.40. The average molecular weight is 532 g/mol. The number of aromatic carboxylic acids is 1. The summed E-state index contributed by atoms with van der Waals surface area (Å²) in [6.07, 6.45) is 2.93. The van der Waals surface area contributed by atoms with Crippen molar-refractivity contribution in [3.8, 4) is 17.2 Å². The summed E-state index contributed by atoms with van der Waals surface area (Å²) in [5, 5.41) is 22.9. The standard InChI is InChI=1S/C32H37NO6/c1-31(2,3)23-16-21(17-24(29(23)35)32(4,5)6)19-39-26-14-12-20(18-27(26)38-7)13-15-28(34)33-25-11-9-8-10-22(25)30(36)37/h8-18,35H,19H2,1-7H3,(H,33,34)(H,36,37).